The van der Waals surface area contributed by atoms with E-state index >= 15 is 0 Å². The van der Waals surface area contributed by atoms with Gasteiger partial charge in [-0.1, -0.05) is 11.6 Å². The van der Waals surface area contributed by atoms with Crippen LogP contribution in [0.4, 0.5) is 17.2 Å². The molecule has 1 aromatic heterocycles. The van der Waals surface area contributed by atoms with Crippen molar-refractivity contribution in [1.29, 1.82) is 0 Å². The summed E-state index contributed by atoms with van der Waals surface area (Å²) in [4.78, 5) is 38.1. The summed E-state index contributed by atoms with van der Waals surface area (Å²) in [6.07, 6.45) is 0.197. The standard InChI is InChI=1S/C15H13ClN4O5/c1-8(14(21)19-13-5-3-10(16)7-18-13)25-15(22)9-2-4-11(17)12(6-9)20(23)24/h2-8H,17H2,1H3,(H,18,19,21)/t8-/m0/s1. The highest BCUT2D eigenvalue weighted by atomic mass is 35.5. The maximum absolute atomic E-state index is 12.0. The fourth-order valence-electron chi connectivity index (χ4n) is 1.79. The van der Waals surface area contributed by atoms with Gasteiger partial charge < -0.3 is 15.8 Å². The van der Waals surface area contributed by atoms with E-state index < -0.39 is 28.6 Å². The number of aromatic nitrogens is 1. The molecule has 1 heterocycles. The second kappa shape index (κ2) is 7.58. The third kappa shape index (κ3) is 4.64. The SMILES string of the molecule is C[C@H](OC(=O)c1ccc(N)c([N+](=O)[O-])c1)C(=O)Nc1ccc(Cl)cn1. The Kier molecular flexibility index (Phi) is 5.50. The third-order valence-electron chi connectivity index (χ3n) is 3.09. The van der Waals surface area contributed by atoms with Crippen LogP contribution in [-0.2, 0) is 9.53 Å². The van der Waals surface area contributed by atoms with Crippen LogP contribution in [-0.4, -0.2) is 27.9 Å². The number of esters is 1. The van der Waals surface area contributed by atoms with Crippen LogP contribution in [0.25, 0.3) is 0 Å². The van der Waals surface area contributed by atoms with E-state index in [4.69, 9.17) is 22.1 Å². The average Bonchev–Trinajstić information content (AvgIpc) is 2.56. The molecule has 130 valence electrons. The van der Waals surface area contributed by atoms with E-state index in [0.717, 1.165) is 6.07 Å². The van der Waals surface area contributed by atoms with Crippen LogP contribution in [0.1, 0.15) is 17.3 Å². The normalized spacial score (nSPS) is 11.4. The zero-order valence-electron chi connectivity index (χ0n) is 12.9. The number of hydrogen-bond donors (Lipinski definition) is 2. The van der Waals surface area contributed by atoms with E-state index in [2.05, 4.69) is 10.3 Å². The minimum absolute atomic E-state index is 0.0823. The third-order valence-corrected chi connectivity index (χ3v) is 3.32. The van der Waals surface area contributed by atoms with Crippen LogP contribution in [0.15, 0.2) is 36.5 Å². The Bertz CT molecular complexity index is 825. The molecule has 0 fully saturated rings. The lowest BCUT2D eigenvalue weighted by atomic mass is 10.2. The highest BCUT2D eigenvalue weighted by molar-refractivity contribution is 6.30. The molecule has 0 bridgehead atoms. The van der Waals surface area contributed by atoms with E-state index in [1.165, 1.54) is 37.4 Å². The van der Waals surface area contributed by atoms with Gasteiger partial charge in [0.25, 0.3) is 11.6 Å². The fourth-order valence-corrected chi connectivity index (χ4v) is 1.90. The van der Waals surface area contributed by atoms with Gasteiger partial charge in [-0.25, -0.2) is 9.78 Å². The van der Waals surface area contributed by atoms with Gasteiger partial charge in [-0.05, 0) is 31.2 Å². The summed E-state index contributed by atoms with van der Waals surface area (Å²) in [5, 5.41) is 13.7. The van der Waals surface area contributed by atoms with Gasteiger partial charge in [0.05, 0.1) is 15.5 Å². The Balaban J connectivity index is 2.04. The number of nitrogens with one attached hydrogen (secondary N) is 1. The molecule has 0 saturated heterocycles. The lowest BCUT2D eigenvalue weighted by molar-refractivity contribution is -0.383. The highest BCUT2D eigenvalue weighted by Gasteiger charge is 2.22. The lowest BCUT2D eigenvalue weighted by Gasteiger charge is -2.13. The predicted octanol–water partition coefficient (Wildman–Crippen LogP) is 2.41. The number of ether oxygens (including phenoxy) is 1. The van der Waals surface area contributed by atoms with Crippen LogP contribution in [0.5, 0.6) is 0 Å². The predicted molar refractivity (Wildman–Crippen MR) is 90.3 cm³/mol. The van der Waals surface area contributed by atoms with Gasteiger partial charge in [-0.2, -0.15) is 0 Å². The molecule has 2 aromatic rings. The molecule has 9 nitrogen and oxygen atoms in total. The second-order valence-corrected chi connectivity index (χ2v) is 5.37. The van der Waals surface area contributed by atoms with Crippen molar-refractivity contribution >= 4 is 40.7 Å². The van der Waals surface area contributed by atoms with Crippen molar-refractivity contribution in [2.45, 2.75) is 13.0 Å². The second-order valence-electron chi connectivity index (χ2n) is 4.93. The molecule has 10 heteroatoms. The Morgan fingerprint density at radius 2 is 2.08 bits per heavy atom. The maximum Gasteiger partial charge on any atom is 0.339 e. The van der Waals surface area contributed by atoms with Gasteiger partial charge >= 0.3 is 5.97 Å². The number of rotatable bonds is 5. The number of nitrogens with zero attached hydrogens (tertiary/aromatic N) is 2. The number of nitrogens with two attached hydrogens (primary N) is 1. The van der Waals surface area contributed by atoms with Crippen LogP contribution in [0.2, 0.25) is 5.02 Å². The first-order valence-corrected chi connectivity index (χ1v) is 7.33. The molecular weight excluding hydrogens is 352 g/mol. The Morgan fingerprint density at radius 3 is 2.68 bits per heavy atom. The number of halogens is 1. The molecule has 0 spiro atoms. The summed E-state index contributed by atoms with van der Waals surface area (Å²) < 4.78 is 5.00. The first-order valence-electron chi connectivity index (χ1n) is 6.95. The number of carbonyl (C=O) groups is 2. The number of nitro benzene ring substituents is 1. The van der Waals surface area contributed by atoms with Crippen LogP contribution in [0, 0.1) is 10.1 Å². The molecule has 0 radical (unpaired) electrons. The number of pyridine rings is 1. The number of anilines is 2. The van der Waals surface area contributed by atoms with Gasteiger partial charge in [0.15, 0.2) is 6.10 Å². The van der Waals surface area contributed by atoms with Crippen LogP contribution >= 0.6 is 11.6 Å². The first kappa shape index (κ1) is 18.1. The van der Waals surface area contributed by atoms with Crippen molar-refractivity contribution in [3.63, 3.8) is 0 Å². The summed E-state index contributed by atoms with van der Waals surface area (Å²) in [5.41, 5.74) is 4.87. The smallest absolute Gasteiger partial charge is 0.339 e. The molecule has 0 aliphatic rings. The zero-order valence-corrected chi connectivity index (χ0v) is 13.7. The summed E-state index contributed by atoms with van der Waals surface area (Å²) >= 11 is 5.69. The minimum atomic E-state index is -1.15. The number of hydrogen-bond acceptors (Lipinski definition) is 7. The fraction of sp³-hybridized carbons (Fsp3) is 0.133. The zero-order chi connectivity index (χ0) is 18.6. The molecule has 0 saturated carbocycles. The highest BCUT2D eigenvalue weighted by Crippen LogP contribution is 2.23. The van der Waals surface area contributed by atoms with E-state index in [1.54, 1.807) is 0 Å². The molecule has 0 aliphatic heterocycles. The molecule has 2 rings (SSSR count). The Morgan fingerprint density at radius 1 is 1.36 bits per heavy atom. The molecular formula is C15H13ClN4O5. The number of amides is 1. The van der Waals surface area contributed by atoms with Gasteiger partial charge in [0.1, 0.15) is 11.5 Å². The van der Waals surface area contributed by atoms with E-state index in [1.807, 2.05) is 0 Å². The van der Waals surface area contributed by atoms with Crippen molar-refractivity contribution < 1.29 is 19.2 Å². The van der Waals surface area contributed by atoms with Crippen LogP contribution in [0.3, 0.4) is 0 Å². The lowest BCUT2D eigenvalue weighted by Crippen LogP contribution is -2.30. The number of carbonyl (C=O) groups excluding carboxylic acids is 2. The molecule has 1 aromatic carbocycles. The van der Waals surface area contributed by atoms with Crippen molar-refractivity contribution in [1.82, 2.24) is 4.98 Å². The van der Waals surface area contributed by atoms with Crippen molar-refractivity contribution in [3.05, 3.63) is 57.2 Å². The van der Waals surface area contributed by atoms with Gasteiger partial charge in [0.2, 0.25) is 0 Å². The number of nitrogen functional groups attached to an aromatic ring is 1. The molecule has 1 amide bonds. The van der Waals surface area contributed by atoms with Gasteiger partial charge in [-0.3, -0.25) is 14.9 Å². The molecule has 0 aliphatic carbocycles. The molecule has 3 N–H and O–H groups in total. The topological polar surface area (TPSA) is 137 Å². The van der Waals surface area contributed by atoms with E-state index in [-0.39, 0.29) is 17.1 Å². The van der Waals surface area contributed by atoms with Gasteiger partial charge in [0, 0.05) is 12.3 Å². The molecule has 0 unspecified atom stereocenters. The largest absolute Gasteiger partial charge is 0.449 e. The monoisotopic (exact) mass is 364 g/mol. The van der Waals surface area contributed by atoms with Crippen molar-refractivity contribution in [2.75, 3.05) is 11.1 Å². The first-order chi connectivity index (χ1) is 11.8. The van der Waals surface area contributed by atoms with Crippen molar-refractivity contribution in [3.8, 4) is 0 Å². The average molecular weight is 365 g/mol. The molecule has 25 heavy (non-hydrogen) atoms. The number of benzene rings is 1. The Labute approximate surface area is 146 Å². The minimum Gasteiger partial charge on any atom is -0.449 e. The summed E-state index contributed by atoms with van der Waals surface area (Å²) in [5.74, 6) is -1.27. The van der Waals surface area contributed by atoms with Crippen LogP contribution < -0.4 is 11.1 Å². The summed E-state index contributed by atoms with van der Waals surface area (Å²) in [6.45, 7) is 1.36. The number of nitro groups is 1. The van der Waals surface area contributed by atoms with E-state index in [0.29, 0.717) is 5.02 Å². The van der Waals surface area contributed by atoms with E-state index in [9.17, 15) is 19.7 Å². The van der Waals surface area contributed by atoms with Crippen molar-refractivity contribution in [2.24, 2.45) is 0 Å². The summed E-state index contributed by atoms with van der Waals surface area (Å²) in [7, 11) is 0. The molecule has 1 atom stereocenters. The Hall–Kier alpha value is -3.20. The van der Waals surface area contributed by atoms with Gasteiger partial charge in [-0.15, -0.1) is 0 Å². The summed E-state index contributed by atoms with van der Waals surface area (Å²) in [6, 6.07) is 6.50. The quantitative estimate of drug-likeness (QED) is 0.359. The maximum atomic E-state index is 12.0.